The van der Waals surface area contributed by atoms with E-state index in [2.05, 4.69) is 4.98 Å². The van der Waals surface area contributed by atoms with Gasteiger partial charge in [0.2, 0.25) is 0 Å². The van der Waals surface area contributed by atoms with Crippen molar-refractivity contribution in [2.45, 2.75) is 6.61 Å². The van der Waals surface area contributed by atoms with Gasteiger partial charge in [0.15, 0.2) is 0 Å². The van der Waals surface area contributed by atoms with Gasteiger partial charge in [-0.15, -0.1) is 0 Å². The van der Waals surface area contributed by atoms with Crippen LogP contribution in [0.4, 0.5) is 0 Å². The van der Waals surface area contributed by atoms with Crippen LogP contribution >= 0.6 is 0 Å². The zero-order valence-corrected chi connectivity index (χ0v) is 8.63. The molecule has 3 nitrogen and oxygen atoms in total. The smallest absolute Gasteiger partial charge is 0.150 e. The van der Waals surface area contributed by atoms with E-state index in [0.29, 0.717) is 5.56 Å². The average Bonchev–Trinajstić information content (AvgIpc) is 2.39. The van der Waals surface area contributed by atoms with Gasteiger partial charge in [-0.1, -0.05) is 24.3 Å². The molecule has 1 N–H and O–H groups in total. The van der Waals surface area contributed by atoms with Gasteiger partial charge in [-0.2, -0.15) is 0 Å². The Bertz CT molecular complexity index is 492. The SMILES string of the molecule is O=Cc1ccnc(-c2ccc(CO)cc2)c1. The lowest BCUT2D eigenvalue weighted by molar-refractivity contribution is 0.112. The molecule has 0 atom stereocenters. The van der Waals surface area contributed by atoms with Crippen molar-refractivity contribution in [1.82, 2.24) is 4.98 Å². The number of aliphatic hydroxyl groups is 1. The number of carbonyl (C=O) groups is 1. The van der Waals surface area contributed by atoms with Crippen LogP contribution in [-0.4, -0.2) is 16.4 Å². The standard InChI is InChI=1S/C13H11NO2/c15-8-10-1-3-12(4-2-10)13-7-11(9-16)5-6-14-13/h1-7,9,15H,8H2. The molecule has 0 spiro atoms. The zero-order chi connectivity index (χ0) is 11.4. The van der Waals surface area contributed by atoms with Crippen molar-refractivity contribution in [1.29, 1.82) is 0 Å². The Morgan fingerprint density at radius 1 is 1.19 bits per heavy atom. The van der Waals surface area contributed by atoms with Crippen LogP contribution in [0.3, 0.4) is 0 Å². The Morgan fingerprint density at radius 2 is 1.94 bits per heavy atom. The Balaban J connectivity index is 2.38. The highest BCUT2D eigenvalue weighted by Crippen LogP contribution is 2.18. The van der Waals surface area contributed by atoms with E-state index in [-0.39, 0.29) is 6.61 Å². The van der Waals surface area contributed by atoms with Gasteiger partial charge in [0, 0.05) is 17.3 Å². The quantitative estimate of drug-likeness (QED) is 0.794. The Labute approximate surface area is 93.4 Å². The molecule has 80 valence electrons. The predicted molar refractivity (Wildman–Crippen MR) is 61.0 cm³/mol. The molecule has 0 aliphatic rings. The number of benzene rings is 1. The molecule has 2 aromatic rings. The first-order chi connectivity index (χ1) is 7.83. The molecular weight excluding hydrogens is 202 g/mol. The highest BCUT2D eigenvalue weighted by atomic mass is 16.3. The summed E-state index contributed by atoms with van der Waals surface area (Å²) in [4.78, 5) is 14.8. The minimum absolute atomic E-state index is 0.0298. The first kappa shape index (κ1) is 10.5. The maximum Gasteiger partial charge on any atom is 0.150 e. The molecule has 0 saturated heterocycles. The third-order valence-corrected chi connectivity index (χ3v) is 2.35. The number of rotatable bonds is 3. The fraction of sp³-hybridized carbons (Fsp3) is 0.0769. The third-order valence-electron chi connectivity index (χ3n) is 2.35. The topological polar surface area (TPSA) is 50.2 Å². The van der Waals surface area contributed by atoms with Crippen LogP contribution in [0, 0.1) is 0 Å². The minimum Gasteiger partial charge on any atom is -0.392 e. The highest BCUT2D eigenvalue weighted by molar-refractivity contribution is 5.77. The molecule has 0 saturated carbocycles. The highest BCUT2D eigenvalue weighted by Gasteiger charge is 2.00. The number of hydrogen-bond donors (Lipinski definition) is 1. The van der Waals surface area contributed by atoms with Crippen LogP contribution in [0.15, 0.2) is 42.6 Å². The summed E-state index contributed by atoms with van der Waals surface area (Å²) in [6.07, 6.45) is 2.41. The summed E-state index contributed by atoms with van der Waals surface area (Å²) < 4.78 is 0. The number of nitrogens with zero attached hydrogens (tertiary/aromatic N) is 1. The normalized spacial score (nSPS) is 10.1. The number of aromatic nitrogens is 1. The molecule has 2 rings (SSSR count). The van der Waals surface area contributed by atoms with Crippen molar-refractivity contribution >= 4 is 6.29 Å². The second-order valence-corrected chi connectivity index (χ2v) is 3.45. The molecule has 1 aromatic carbocycles. The second-order valence-electron chi connectivity index (χ2n) is 3.45. The maximum atomic E-state index is 10.6. The van der Waals surface area contributed by atoms with Gasteiger partial charge >= 0.3 is 0 Å². The summed E-state index contributed by atoms with van der Waals surface area (Å²) in [6.45, 7) is 0.0298. The van der Waals surface area contributed by atoms with Gasteiger partial charge in [0.05, 0.1) is 12.3 Å². The van der Waals surface area contributed by atoms with E-state index in [1.54, 1.807) is 18.3 Å². The molecule has 0 aliphatic heterocycles. The Kier molecular flexibility index (Phi) is 3.08. The second kappa shape index (κ2) is 4.68. The summed E-state index contributed by atoms with van der Waals surface area (Å²) in [5.74, 6) is 0. The third kappa shape index (κ3) is 2.15. The lowest BCUT2D eigenvalue weighted by atomic mass is 10.1. The van der Waals surface area contributed by atoms with E-state index in [1.165, 1.54) is 0 Å². The van der Waals surface area contributed by atoms with E-state index < -0.39 is 0 Å². The van der Waals surface area contributed by atoms with Crippen LogP contribution in [-0.2, 0) is 6.61 Å². The van der Waals surface area contributed by atoms with Crippen LogP contribution in [0.2, 0.25) is 0 Å². The van der Waals surface area contributed by atoms with Crippen molar-refractivity contribution in [3.8, 4) is 11.3 Å². The van der Waals surface area contributed by atoms with Gasteiger partial charge < -0.3 is 5.11 Å². The van der Waals surface area contributed by atoms with E-state index in [1.807, 2.05) is 24.3 Å². The number of carbonyl (C=O) groups excluding carboxylic acids is 1. The van der Waals surface area contributed by atoms with Crippen LogP contribution in [0.1, 0.15) is 15.9 Å². The lowest BCUT2D eigenvalue weighted by Gasteiger charge is -2.02. The molecule has 0 amide bonds. The molecule has 0 fully saturated rings. The molecule has 0 radical (unpaired) electrons. The number of aliphatic hydroxyl groups excluding tert-OH is 1. The summed E-state index contributed by atoms with van der Waals surface area (Å²) >= 11 is 0. The van der Waals surface area contributed by atoms with Gasteiger partial charge in [-0.05, 0) is 17.7 Å². The van der Waals surface area contributed by atoms with Gasteiger partial charge in [-0.3, -0.25) is 9.78 Å². The van der Waals surface area contributed by atoms with Crippen molar-refractivity contribution < 1.29 is 9.90 Å². The molecule has 16 heavy (non-hydrogen) atoms. The summed E-state index contributed by atoms with van der Waals surface area (Å²) in [6, 6.07) is 10.8. The number of aldehydes is 1. The molecular formula is C13H11NO2. The molecule has 0 bridgehead atoms. The Morgan fingerprint density at radius 3 is 2.56 bits per heavy atom. The average molecular weight is 213 g/mol. The minimum atomic E-state index is 0.0298. The van der Waals surface area contributed by atoms with Crippen LogP contribution in [0.25, 0.3) is 11.3 Å². The Hall–Kier alpha value is -2.00. The first-order valence-electron chi connectivity index (χ1n) is 4.95. The van der Waals surface area contributed by atoms with Crippen molar-refractivity contribution in [2.75, 3.05) is 0 Å². The summed E-state index contributed by atoms with van der Waals surface area (Å²) in [5, 5.41) is 8.92. The van der Waals surface area contributed by atoms with E-state index >= 15 is 0 Å². The molecule has 0 unspecified atom stereocenters. The lowest BCUT2D eigenvalue weighted by Crippen LogP contribution is -1.88. The molecule has 3 heteroatoms. The zero-order valence-electron chi connectivity index (χ0n) is 8.63. The van der Waals surface area contributed by atoms with Crippen molar-refractivity contribution in [3.63, 3.8) is 0 Å². The summed E-state index contributed by atoms with van der Waals surface area (Å²) in [5.41, 5.74) is 3.15. The fourth-order valence-electron chi connectivity index (χ4n) is 1.46. The van der Waals surface area contributed by atoms with Crippen LogP contribution < -0.4 is 0 Å². The first-order valence-corrected chi connectivity index (χ1v) is 4.95. The largest absolute Gasteiger partial charge is 0.392 e. The molecule has 1 heterocycles. The maximum absolute atomic E-state index is 10.6. The molecule has 0 aliphatic carbocycles. The van der Waals surface area contributed by atoms with Crippen molar-refractivity contribution in [2.24, 2.45) is 0 Å². The van der Waals surface area contributed by atoms with Crippen molar-refractivity contribution in [3.05, 3.63) is 53.7 Å². The van der Waals surface area contributed by atoms with Gasteiger partial charge in [0.25, 0.3) is 0 Å². The monoisotopic (exact) mass is 213 g/mol. The van der Waals surface area contributed by atoms with Gasteiger partial charge in [0.1, 0.15) is 6.29 Å². The van der Waals surface area contributed by atoms with E-state index in [9.17, 15) is 4.79 Å². The van der Waals surface area contributed by atoms with E-state index in [0.717, 1.165) is 23.1 Å². The summed E-state index contributed by atoms with van der Waals surface area (Å²) in [7, 11) is 0. The van der Waals surface area contributed by atoms with E-state index in [4.69, 9.17) is 5.11 Å². The van der Waals surface area contributed by atoms with Gasteiger partial charge in [-0.25, -0.2) is 0 Å². The number of pyridine rings is 1. The predicted octanol–water partition coefficient (Wildman–Crippen LogP) is 2.05. The molecule has 1 aromatic heterocycles. The number of hydrogen-bond acceptors (Lipinski definition) is 3. The van der Waals surface area contributed by atoms with Crippen LogP contribution in [0.5, 0.6) is 0 Å². The fourth-order valence-corrected chi connectivity index (χ4v) is 1.46.